The number of rotatable bonds is 4. The molecule has 0 fully saturated rings. The van der Waals surface area contributed by atoms with Crippen LogP contribution in [0.15, 0.2) is 0 Å². The molecule has 68 valence electrons. The van der Waals surface area contributed by atoms with Gasteiger partial charge in [-0.3, -0.25) is 0 Å². The van der Waals surface area contributed by atoms with Crippen LogP contribution in [0.5, 0.6) is 0 Å². The molecule has 0 aromatic rings. The molecule has 0 unspecified atom stereocenters. The second-order valence-electron chi connectivity index (χ2n) is 2.31. The monoisotopic (exact) mass is 220 g/mol. The van der Waals surface area contributed by atoms with Gasteiger partial charge in [0, 0.05) is 5.38 Å². The highest BCUT2D eigenvalue weighted by molar-refractivity contribution is 6.31. The fourth-order valence-electron chi connectivity index (χ4n) is 0.579. The van der Waals surface area contributed by atoms with Crippen LogP contribution in [0.1, 0.15) is 6.92 Å². The third kappa shape index (κ3) is 3.81. The van der Waals surface area contributed by atoms with Crippen molar-refractivity contribution < 1.29 is 10.2 Å². The number of hydrogen-bond acceptors (Lipinski definition) is 2. The zero-order valence-corrected chi connectivity index (χ0v) is 8.31. The van der Waals surface area contributed by atoms with Gasteiger partial charge >= 0.3 is 0 Å². The molecule has 0 aliphatic rings. The Morgan fingerprint density at radius 2 is 1.73 bits per heavy atom. The van der Waals surface area contributed by atoms with E-state index < -0.39 is 16.9 Å². The van der Waals surface area contributed by atoms with Crippen molar-refractivity contribution in [2.24, 2.45) is 0 Å². The van der Waals surface area contributed by atoms with Gasteiger partial charge in [-0.1, -0.05) is 0 Å². The Morgan fingerprint density at radius 3 is 2.00 bits per heavy atom. The molecule has 0 radical (unpaired) electrons. The van der Waals surface area contributed by atoms with Gasteiger partial charge in [0.05, 0.1) is 23.5 Å². The lowest BCUT2D eigenvalue weighted by atomic mass is 10.1. The highest BCUT2D eigenvalue weighted by Gasteiger charge is 2.27. The molecule has 0 amide bonds. The second kappa shape index (κ2) is 5.44. The highest BCUT2D eigenvalue weighted by atomic mass is 35.5. The second-order valence-corrected chi connectivity index (χ2v) is 4.06. The molecule has 2 N–H and O–H groups in total. The normalized spacial score (nSPS) is 22.4. The third-order valence-electron chi connectivity index (χ3n) is 1.31. The quantitative estimate of drug-likeness (QED) is 0.700. The zero-order valence-electron chi connectivity index (χ0n) is 6.04. The first-order chi connectivity index (χ1) is 5.00. The van der Waals surface area contributed by atoms with E-state index in [9.17, 15) is 5.11 Å². The molecule has 0 rings (SSSR count). The van der Waals surface area contributed by atoms with Crippen LogP contribution in [-0.4, -0.2) is 39.1 Å². The topological polar surface area (TPSA) is 40.5 Å². The molecule has 0 aromatic heterocycles. The number of aliphatic hydroxyl groups is 2. The molecule has 0 spiro atoms. The van der Waals surface area contributed by atoms with Crippen molar-refractivity contribution in [2.45, 2.75) is 29.2 Å². The van der Waals surface area contributed by atoms with Crippen LogP contribution in [0.2, 0.25) is 0 Å². The SMILES string of the molecule is C[C@@H](Cl)[C@@H](Cl)[C@@H](O)[C@@H](Cl)CO. The minimum absolute atomic E-state index is 0.310. The number of halogens is 3. The van der Waals surface area contributed by atoms with Crippen LogP contribution in [0, 0.1) is 0 Å². The predicted octanol–water partition coefficient (Wildman–Crippen LogP) is 1.18. The van der Waals surface area contributed by atoms with Crippen molar-refractivity contribution in [2.75, 3.05) is 6.61 Å². The Hall–Kier alpha value is 0.790. The minimum Gasteiger partial charge on any atom is -0.395 e. The first-order valence-corrected chi connectivity index (χ1v) is 4.52. The summed E-state index contributed by atoms with van der Waals surface area (Å²) in [4.78, 5) is 0. The summed E-state index contributed by atoms with van der Waals surface area (Å²) in [5.41, 5.74) is 0. The third-order valence-corrected chi connectivity index (χ3v) is 2.74. The van der Waals surface area contributed by atoms with Gasteiger partial charge in [-0.05, 0) is 6.92 Å². The average Bonchev–Trinajstić information content (AvgIpc) is 2.00. The van der Waals surface area contributed by atoms with Gasteiger partial charge < -0.3 is 10.2 Å². The van der Waals surface area contributed by atoms with Crippen LogP contribution in [0.25, 0.3) is 0 Å². The van der Waals surface area contributed by atoms with Crippen molar-refractivity contribution in [3.05, 3.63) is 0 Å². The van der Waals surface area contributed by atoms with E-state index >= 15 is 0 Å². The predicted molar refractivity (Wildman–Crippen MR) is 47.7 cm³/mol. The fourth-order valence-corrected chi connectivity index (χ4v) is 1.14. The summed E-state index contributed by atoms with van der Waals surface area (Å²) >= 11 is 16.8. The molecule has 0 saturated heterocycles. The van der Waals surface area contributed by atoms with Gasteiger partial charge in [-0.25, -0.2) is 0 Å². The van der Waals surface area contributed by atoms with Gasteiger partial charge in [-0.15, -0.1) is 34.8 Å². The number of aliphatic hydroxyl groups excluding tert-OH is 2. The largest absolute Gasteiger partial charge is 0.395 e. The van der Waals surface area contributed by atoms with Crippen LogP contribution in [-0.2, 0) is 0 Å². The zero-order chi connectivity index (χ0) is 9.02. The molecule has 0 bridgehead atoms. The first-order valence-electron chi connectivity index (χ1n) is 3.21. The fraction of sp³-hybridized carbons (Fsp3) is 1.00. The van der Waals surface area contributed by atoms with E-state index in [1.54, 1.807) is 6.92 Å². The summed E-state index contributed by atoms with van der Waals surface area (Å²) in [6, 6.07) is 0. The van der Waals surface area contributed by atoms with Crippen LogP contribution in [0.4, 0.5) is 0 Å². The average molecular weight is 222 g/mol. The summed E-state index contributed by atoms with van der Waals surface area (Å²) in [6.45, 7) is 1.35. The van der Waals surface area contributed by atoms with Crippen molar-refractivity contribution in [1.82, 2.24) is 0 Å². The van der Waals surface area contributed by atoms with E-state index in [0.29, 0.717) is 0 Å². The van der Waals surface area contributed by atoms with Crippen molar-refractivity contribution >= 4 is 34.8 Å². The first kappa shape index (κ1) is 11.8. The van der Waals surface area contributed by atoms with Gasteiger partial charge in [0.1, 0.15) is 0 Å². The standard InChI is InChI=1S/C6H11Cl3O2/c1-3(7)5(9)6(11)4(8)2-10/h3-6,10-11H,2H2,1H3/t3-,4+,5-,6+/m1/s1. The molecule has 0 saturated carbocycles. The number of alkyl halides is 3. The van der Waals surface area contributed by atoms with Crippen LogP contribution in [0.3, 0.4) is 0 Å². The summed E-state index contributed by atoms with van der Waals surface area (Å²) in [5.74, 6) is 0. The van der Waals surface area contributed by atoms with Crippen LogP contribution >= 0.6 is 34.8 Å². The van der Waals surface area contributed by atoms with E-state index in [1.165, 1.54) is 0 Å². The Morgan fingerprint density at radius 1 is 1.27 bits per heavy atom. The van der Waals surface area contributed by atoms with E-state index in [0.717, 1.165) is 0 Å². The van der Waals surface area contributed by atoms with E-state index in [1.807, 2.05) is 0 Å². The molecular formula is C6H11Cl3O2. The Bertz CT molecular complexity index is 110. The maximum absolute atomic E-state index is 9.25. The molecule has 0 heterocycles. The lowest BCUT2D eigenvalue weighted by Crippen LogP contribution is -2.37. The van der Waals surface area contributed by atoms with Gasteiger partial charge in [0.2, 0.25) is 0 Å². The molecule has 4 atom stereocenters. The molecule has 0 aromatic carbocycles. The molecule has 5 heteroatoms. The van der Waals surface area contributed by atoms with Gasteiger partial charge in [-0.2, -0.15) is 0 Å². The number of hydrogen-bond donors (Lipinski definition) is 2. The summed E-state index contributed by atoms with van der Waals surface area (Å²) in [5, 5.41) is 16.0. The van der Waals surface area contributed by atoms with E-state index in [2.05, 4.69) is 0 Å². The molecule has 0 aliphatic carbocycles. The molecule has 2 nitrogen and oxygen atoms in total. The van der Waals surface area contributed by atoms with Gasteiger partial charge in [0.15, 0.2) is 0 Å². The smallest absolute Gasteiger partial charge is 0.0903 e. The lowest BCUT2D eigenvalue weighted by Gasteiger charge is -2.21. The molecule has 0 aliphatic heterocycles. The Labute approximate surface area is 81.1 Å². The van der Waals surface area contributed by atoms with Crippen LogP contribution < -0.4 is 0 Å². The maximum Gasteiger partial charge on any atom is 0.0903 e. The molecule has 11 heavy (non-hydrogen) atoms. The molecular weight excluding hydrogens is 210 g/mol. The van der Waals surface area contributed by atoms with Gasteiger partial charge in [0.25, 0.3) is 0 Å². The lowest BCUT2D eigenvalue weighted by molar-refractivity contribution is 0.133. The van der Waals surface area contributed by atoms with Crippen molar-refractivity contribution in [1.29, 1.82) is 0 Å². The van der Waals surface area contributed by atoms with Crippen molar-refractivity contribution in [3.63, 3.8) is 0 Å². The summed E-state index contributed by atoms with van der Waals surface area (Å²) in [7, 11) is 0. The van der Waals surface area contributed by atoms with Crippen molar-refractivity contribution in [3.8, 4) is 0 Å². The summed E-state index contributed by atoms with van der Waals surface area (Å²) in [6.07, 6.45) is -0.976. The van der Waals surface area contributed by atoms with E-state index in [4.69, 9.17) is 39.9 Å². The maximum atomic E-state index is 9.25. The highest BCUT2D eigenvalue weighted by Crippen LogP contribution is 2.18. The summed E-state index contributed by atoms with van der Waals surface area (Å²) < 4.78 is 0. The van der Waals surface area contributed by atoms with E-state index in [-0.39, 0.29) is 12.0 Å². The Balaban J connectivity index is 3.90. The Kier molecular flexibility index (Phi) is 5.83. The minimum atomic E-state index is -0.976.